The van der Waals surface area contributed by atoms with Gasteiger partial charge in [0.05, 0.1) is 6.54 Å². The Balaban J connectivity index is 0.00000220. The monoisotopic (exact) mass is 421 g/mol. The fourth-order valence-corrected chi connectivity index (χ4v) is 2.90. The normalized spacial score (nSPS) is 17.0. The number of hydrogen-bond acceptors (Lipinski definition) is 3. The Morgan fingerprint density at radius 3 is 2.57 bits per heavy atom. The van der Waals surface area contributed by atoms with E-state index in [-0.39, 0.29) is 30.1 Å². The first-order valence-electron chi connectivity index (χ1n) is 7.01. The van der Waals surface area contributed by atoms with E-state index in [0.29, 0.717) is 12.5 Å². The van der Waals surface area contributed by atoms with E-state index in [0.717, 1.165) is 30.3 Å². The number of halogens is 1. The molecule has 1 aromatic carbocycles. The predicted octanol–water partition coefficient (Wildman–Crippen LogP) is 2.74. The van der Waals surface area contributed by atoms with Crippen LogP contribution in [-0.4, -0.2) is 48.1 Å². The molecule has 0 spiro atoms. The molecule has 1 aliphatic rings. The van der Waals surface area contributed by atoms with E-state index in [2.05, 4.69) is 16.8 Å². The Morgan fingerprint density at radius 1 is 1.33 bits per heavy atom. The lowest BCUT2D eigenvalue weighted by molar-refractivity contribution is 0.229. The van der Waals surface area contributed by atoms with E-state index in [1.54, 1.807) is 0 Å². The van der Waals surface area contributed by atoms with Crippen LogP contribution in [0.5, 0.6) is 5.75 Å². The van der Waals surface area contributed by atoms with Crippen molar-refractivity contribution in [2.45, 2.75) is 20.0 Å². The van der Waals surface area contributed by atoms with Gasteiger partial charge in [-0.1, -0.05) is 17.7 Å². The van der Waals surface area contributed by atoms with Gasteiger partial charge in [0.25, 0.3) is 0 Å². The largest absolute Gasteiger partial charge is 0.489 e. The minimum atomic E-state index is 0. The zero-order valence-corrected chi connectivity index (χ0v) is 15.8. The lowest BCUT2D eigenvalue weighted by atomic mass is 10.2. The van der Waals surface area contributed by atoms with E-state index in [9.17, 15) is 0 Å². The minimum Gasteiger partial charge on any atom is -0.489 e. The molecule has 1 aromatic rings. The van der Waals surface area contributed by atoms with Crippen LogP contribution in [0.2, 0.25) is 0 Å². The van der Waals surface area contributed by atoms with Crippen molar-refractivity contribution in [2.24, 2.45) is 10.7 Å². The highest BCUT2D eigenvalue weighted by Gasteiger charge is 2.12. The van der Waals surface area contributed by atoms with Gasteiger partial charge >= 0.3 is 0 Å². The van der Waals surface area contributed by atoms with Gasteiger partial charge in [0.1, 0.15) is 11.9 Å². The Labute approximate surface area is 148 Å². The summed E-state index contributed by atoms with van der Waals surface area (Å²) in [5.74, 6) is 3.79. The number of aryl methyl sites for hydroxylation is 1. The first kappa shape index (κ1) is 18.4. The molecule has 1 unspecified atom stereocenters. The van der Waals surface area contributed by atoms with Crippen LogP contribution in [0, 0.1) is 6.92 Å². The number of thioether (sulfide) groups is 1. The maximum atomic E-state index is 6.02. The van der Waals surface area contributed by atoms with Crippen LogP contribution < -0.4 is 10.5 Å². The molecule has 1 aliphatic heterocycles. The second-order valence-electron chi connectivity index (χ2n) is 5.04. The van der Waals surface area contributed by atoms with Crippen molar-refractivity contribution < 1.29 is 4.74 Å². The predicted molar refractivity (Wildman–Crippen MR) is 102 cm³/mol. The number of aliphatic imine (C=N–C) groups is 1. The highest BCUT2D eigenvalue weighted by molar-refractivity contribution is 14.0. The summed E-state index contributed by atoms with van der Waals surface area (Å²) >= 11 is 1.97. The van der Waals surface area contributed by atoms with Gasteiger partial charge in [-0.2, -0.15) is 11.8 Å². The van der Waals surface area contributed by atoms with Crippen molar-refractivity contribution in [1.82, 2.24) is 4.90 Å². The van der Waals surface area contributed by atoms with E-state index in [1.807, 2.05) is 43.0 Å². The third-order valence-corrected chi connectivity index (χ3v) is 4.15. The third-order valence-electron chi connectivity index (χ3n) is 3.20. The van der Waals surface area contributed by atoms with Gasteiger partial charge in [-0.05, 0) is 26.0 Å². The van der Waals surface area contributed by atoms with Gasteiger partial charge in [0.15, 0.2) is 5.96 Å². The van der Waals surface area contributed by atoms with E-state index in [4.69, 9.17) is 10.5 Å². The number of nitrogens with zero attached hydrogens (tertiary/aromatic N) is 2. The smallest absolute Gasteiger partial charge is 0.191 e. The van der Waals surface area contributed by atoms with Crippen molar-refractivity contribution >= 4 is 41.7 Å². The summed E-state index contributed by atoms with van der Waals surface area (Å²) in [6.45, 7) is 6.65. The second-order valence-corrected chi connectivity index (χ2v) is 6.26. The third kappa shape index (κ3) is 6.34. The van der Waals surface area contributed by atoms with Gasteiger partial charge in [-0.3, -0.25) is 0 Å². The molecule has 0 amide bonds. The number of guanidine groups is 1. The first-order chi connectivity index (χ1) is 9.65. The van der Waals surface area contributed by atoms with Crippen LogP contribution in [0.4, 0.5) is 0 Å². The molecular weight excluding hydrogens is 397 g/mol. The molecule has 21 heavy (non-hydrogen) atoms. The molecule has 0 saturated carbocycles. The van der Waals surface area contributed by atoms with E-state index < -0.39 is 0 Å². The van der Waals surface area contributed by atoms with E-state index >= 15 is 0 Å². The molecule has 2 N–H and O–H groups in total. The molecule has 0 aromatic heterocycles. The van der Waals surface area contributed by atoms with Crippen molar-refractivity contribution in [3.63, 3.8) is 0 Å². The molecule has 118 valence electrons. The summed E-state index contributed by atoms with van der Waals surface area (Å²) < 4.78 is 5.82. The van der Waals surface area contributed by atoms with Gasteiger partial charge in [-0.25, -0.2) is 4.99 Å². The quantitative estimate of drug-likeness (QED) is 0.462. The summed E-state index contributed by atoms with van der Waals surface area (Å²) in [7, 11) is 0. The number of benzene rings is 1. The van der Waals surface area contributed by atoms with Crippen LogP contribution in [0.25, 0.3) is 0 Å². The summed E-state index contributed by atoms with van der Waals surface area (Å²) in [4.78, 5) is 6.60. The van der Waals surface area contributed by atoms with Gasteiger partial charge in [-0.15, -0.1) is 24.0 Å². The molecule has 0 aliphatic carbocycles. The standard InChI is InChI=1S/C15H23N3OS.HI/c1-12-3-5-14(6-4-12)19-13(2)11-17-15(16)18-7-9-20-10-8-18;/h3-6,13H,7-11H2,1-2H3,(H2,16,17);1H. The molecule has 0 bridgehead atoms. The molecule has 1 heterocycles. The Bertz CT molecular complexity index is 447. The molecule has 0 radical (unpaired) electrons. The number of rotatable bonds is 4. The highest BCUT2D eigenvalue weighted by Crippen LogP contribution is 2.13. The average molecular weight is 421 g/mol. The van der Waals surface area contributed by atoms with Crippen LogP contribution >= 0.6 is 35.7 Å². The SMILES string of the molecule is Cc1ccc(OC(C)CN=C(N)N2CCSCC2)cc1.I. The lowest BCUT2D eigenvalue weighted by Gasteiger charge is -2.27. The topological polar surface area (TPSA) is 50.9 Å². The molecule has 4 nitrogen and oxygen atoms in total. The molecule has 6 heteroatoms. The lowest BCUT2D eigenvalue weighted by Crippen LogP contribution is -2.43. The Hall–Kier alpha value is -0.630. The summed E-state index contributed by atoms with van der Waals surface area (Å²) in [5, 5.41) is 0. The van der Waals surface area contributed by atoms with Crippen LogP contribution in [0.3, 0.4) is 0 Å². The van der Waals surface area contributed by atoms with Gasteiger partial charge < -0.3 is 15.4 Å². The molecule has 1 saturated heterocycles. The summed E-state index contributed by atoms with van der Waals surface area (Å²) in [6, 6.07) is 8.07. The zero-order chi connectivity index (χ0) is 14.4. The molecular formula is C15H24IN3OS. The van der Waals surface area contributed by atoms with Crippen LogP contribution in [0.15, 0.2) is 29.3 Å². The fraction of sp³-hybridized carbons (Fsp3) is 0.533. The summed E-state index contributed by atoms with van der Waals surface area (Å²) in [5.41, 5.74) is 7.25. The second kappa shape index (κ2) is 9.40. The average Bonchev–Trinajstić information content (AvgIpc) is 2.48. The van der Waals surface area contributed by atoms with Crippen molar-refractivity contribution in [1.29, 1.82) is 0 Å². The van der Waals surface area contributed by atoms with Gasteiger partial charge in [0.2, 0.25) is 0 Å². The molecule has 2 rings (SSSR count). The number of ether oxygens (including phenoxy) is 1. The zero-order valence-electron chi connectivity index (χ0n) is 12.6. The minimum absolute atomic E-state index is 0. The number of nitrogens with two attached hydrogens (primary N) is 1. The van der Waals surface area contributed by atoms with Crippen molar-refractivity contribution in [2.75, 3.05) is 31.1 Å². The Morgan fingerprint density at radius 2 is 1.95 bits per heavy atom. The maximum Gasteiger partial charge on any atom is 0.191 e. The fourth-order valence-electron chi connectivity index (χ4n) is 2.00. The first-order valence-corrected chi connectivity index (χ1v) is 8.16. The van der Waals surface area contributed by atoms with Crippen molar-refractivity contribution in [3.05, 3.63) is 29.8 Å². The van der Waals surface area contributed by atoms with E-state index in [1.165, 1.54) is 5.56 Å². The number of hydrogen-bond donors (Lipinski definition) is 1. The van der Waals surface area contributed by atoms with Crippen molar-refractivity contribution in [3.8, 4) is 5.75 Å². The molecule has 1 fully saturated rings. The van der Waals surface area contributed by atoms with Crippen LogP contribution in [-0.2, 0) is 0 Å². The van der Waals surface area contributed by atoms with Crippen LogP contribution in [0.1, 0.15) is 12.5 Å². The van der Waals surface area contributed by atoms with Gasteiger partial charge in [0, 0.05) is 24.6 Å². The highest BCUT2D eigenvalue weighted by atomic mass is 127. The molecule has 1 atom stereocenters. The Kier molecular flexibility index (Phi) is 8.24. The summed E-state index contributed by atoms with van der Waals surface area (Å²) in [6.07, 6.45) is 0.0235. The maximum absolute atomic E-state index is 6.02.